The van der Waals surface area contributed by atoms with Gasteiger partial charge in [-0.2, -0.15) is 0 Å². The van der Waals surface area contributed by atoms with Crippen LogP contribution in [0.25, 0.3) is 0 Å². The Morgan fingerprint density at radius 2 is 2.19 bits per heavy atom. The third kappa shape index (κ3) is 4.92. The fraction of sp³-hybridized carbons (Fsp3) is 0.500. The predicted molar refractivity (Wildman–Crippen MR) is 103 cm³/mol. The molecular weight excluding hydrogens is 372 g/mol. The minimum atomic E-state index is 0.0172. The summed E-state index contributed by atoms with van der Waals surface area (Å²) in [6, 6.07) is 7.94. The third-order valence-corrected chi connectivity index (χ3v) is 5.45. The number of para-hydroxylation sites is 1. The van der Waals surface area contributed by atoms with E-state index in [9.17, 15) is 4.79 Å². The quantitative estimate of drug-likeness (QED) is 0.654. The molecule has 26 heavy (non-hydrogen) atoms. The van der Waals surface area contributed by atoms with Crippen LogP contribution in [0.4, 0.5) is 0 Å². The maximum absolute atomic E-state index is 12.0. The Balaban J connectivity index is 1.63. The van der Waals surface area contributed by atoms with Crippen LogP contribution < -0.4 is 10.1 Å². The first kappa shape index (κ1) is 19.0. The summed E-state index contributed by atoms with van der Waals surface area (Å²) >= 11 is 7.55. The molecule has 1 heterocycles. The van der Waals surface area contributed by atoms with Crippen molar-refractivity contribution in [3.63, 3.8) is 0 Å². The summed E-state index contributed by atoms with van der Waals surface area (Å²) in [7, 11) is 0. The summed E-state index contributed by atoms with van der Waals surface area (Å²) in [5.74, 6) is 1.74. The summed E-state index contributed by atoms with van der Waals surface area (Å²) < 4.78 is 7.90. The predicted octanol–water partition coefficient (Wildman–Crippen LogP) is 3.85. The number of hydrogen-bond acceptors (Lipinski definition) is 5. The highest BCUT2D eigenvalue weighted by Gasteiger charge is 2.30. The van der Waals surface area contributed by atoms with Crippen LogP contribution in [-0.2, 0) is 11.4 Å². The molecule has 1 aliphatic rings. The molecule has 1 aliphatic carbocycles. The van der Waals surface area contributed by atoms with Crippen molar-refractivity contribution in [1.82, 2.24) is 20.1 Å². The van der Waals surface area contributed by atoms with Crippen molar-refractivity contribution in [3.8, 4) is 5.75 Å². The molecule has 2 aromatic rings. The van der Waals surface area contributed by atoms with Crippen molar-refractivity contribution in [3.05, 3.63) is 35.1 Å². The van der Waals surface area contributed by atoms with E-state index in [-0.39, 0.29) is 11.9 Å². The smallest absolute Gasteiger partial charge is 0.230 e. The number of benzene rings is 1. The molecule has 1 fully saturated rings. The van der Waals surface area contributed by atoms with Crippen LogP contribution >= 0.6 is 23.4 Å². The molecule has 3 rings (SSSR count). The molecule has 0 saturated heterocycles. The largest absolute Gasteiger partial charge is 0.484 e. The van der Waals surface area contributed by atoms with E-state index in [0.717, 1.165) is 30.2 Å². The number of hydrogen-bond donors (Lipinski definition) is 1. The van der Waals surface area contributed by atoms with E-state index in [1.807, 2.05) is 32.0 Å². The summed E-state index contributed by atoms with van der Waals surface area (Å²) in [6.45, 7) is 4.35. The molecule has 1 aromatic heterocycles. The maximum atomic E-state index is 12.0. The van der Waals surface area contributed by atoms with Gasteiger partial charge in [0.1, 0.15) is 12.4 Å². The highest BCUT2D eigenvalue weighted by atomic mass is 35.5. The topological polar surface area (TPSA) is 69.0 Å². The molecule has 0 radical (unpaired) electrons. The van der Waals surface area contributed by atoms with Gasteiger partial charge in [-0.25, -0.2) is 0 Å². The number of aromatic nitrogens is 3. The summed E-state index contributed by atoms with van der Waals surface area (Å²) in [4.78, 5) is 12.0. The first-order chi connectivity index (χ1) is 12.6. The molecule has 6 nitrogen and oxygen atoms in total. The Morgan fingerprint density at radius 3 is 2.88 bits per heavy atom. The highest BCUT2D eigenvalue weighted by Crippen LogP contribution is 2.39. The highest BCUT2D eigenvalue weighted by molar-refractivity contribution is 7.99. The van der Waals surface area contributed by atoms with Gasteiger partial charge in [0.05, 0.1) is 10.8 Å². The second kappa shape index (κ2) is 8.77. The van der Waals surface area contributed by atoms with E-state index in [0.29, 0.717) is 29.2 Å². The summed E-state index contributed by atoms with van der Waals surface area (Å²) in [6.07, 6.45) is 3.12. The van der Waals surface area contributed by atoms with E-state index in [1.165, 1.54) is 11.8 Å². The molecular formula is C18H23ClN4O2S. The van der Waals surface area contributed by atoms with Crippen LogP contribution in [0, 0.1) is 0 Å². The first-order valence-corrected chi connectivity index (χ1v) is 10.2. The van der Waals surface area contributed by atoms with Crippen LogP contribution in [0.3, 0.4) is 0 Å². The number of nitrogens with zero attached hydrogens (tertiary/aromatic N) is 3. The third-order valence-electron chi connectivity index (χ3n) is 4.19. The number of halogens is 1. The van der Waals surface area contributed by atoms with E-state index in [1.54, 1.807) is 6.07 Å². The van der Waals surface area contributed by atoms with E-state index >= 15 is 0 Å². The van der Waals surface area contributed by atoms with Gasteiger partial charge in [-0.05, 0) is 38.3 Å². The average Bonchev–Trinajstić information content (AvgIpc) is 3.39. The lowest BCUT2D eigenvalue weighted by atomic mass is 10.3. The van der Waals surface area contributed by atoms with Crippen LogP contribution in [-0.4, -0.2) is 32.5 Å². The Kier molecular flexibility index (Phi) is 6.43. The minimum absolute atomic E-state index is 0.0172. The van der Waals surface area contributed by atoms with Crippen LogP contribution in [0.2, 0.25) is 5.02 Å². The van der Waals surface area contributed by atoms with Crippen molar-refractivity contribution < 1.29 is 9.53 Å². The summed E-state index contributed by atoms with van der Waals surface area (Å²) in [5.41, 5.74) is 0. The zero-order valence-corrected chi connectivity index (χ0v) is 16.5. The van der Waals surface area contributed by atoms with Crippen LogP contribution in [0.1, 0.15) is 45.0 Å². The number of carbonyl (C=O) groups is 1. The van der Waals surface area contributed by atoms with Crippen molar-refractivity contribution >= 4 is 29.3 Å². The minimum Gasteiger partial charge on any atom is -0.484 e. The SMILES string of the molecule is CC[C@H](C)NC(=O)CSc1nnc(COc2ccccc2Cl)n1C1CC1. The Morgan fingerprint density at radius 1 is 1.42 bits per heavy atom. The van der Waals surface area contributed by atoms with Crippen molar-refractivity contribution in [2.45, 2.75) is 57.0 Å². The zero-order chi connectivity index (χ0) is 18.5. The van der Waals surface area contributed by atoms with Gasteiger partial charge in [0.15, 0.2) is 11.0 Å². The molecule has 1 atom stereocenters. The number of nitrogens with one attached hydrogen (secondary N) is 1. The van der Waals surface area contributed by atoms with Gasteiger partial charge < -0.3 is 10.1 Å². The molecule has 1 saturated carbocycles. The van der Waals surface area contributed by atoms with Gasteiger partial charge in [0, 0.05) is 12.1 Å². The fourth-order valence-corrected chi connectivity index (χ4v) is 3.48. The Hall–Kier alpha value is -1.73. The van der Waals surface area contributed by atoms with Gasteiger partial charge in [-0.15, -0.1) is 10.2 Å². The van der Waals surface area contributed by atoms with Gasteiger partial charge in [0.2, 0.25) is 5.91 Å². The van der Waals surface area contributed by atoms with Crippen molar-refractivity contribution in [2.75, 3.05) is 5.75 Å². The normalized spacial score (nSPS) is 14.9. The molecule has 8 heteroatoms. The van der Waals surface area contributed by atoms with Crippen LogP contribution in [0.15, 0.2) is 29.4 Å². The average molecular weight is 395 g/mol. The molecule has 140 valence electrons. The van der Waals surface area contributed by atoms with E-state index in [4.69, 9.17) is 16.3 Å². The number of carbonyl (C=O) groups excluding carboxylic acids is 1. The van der Waals surface area contributed by atoms with Crippen LogP contribution in [0.5, 0.6) is 5.75 Å². The maximum Gasteiger partial charge on any atom is 0.230 e. The molecule has 0 aliphatic heterocycles. The zero-order valence-electron chi connectivity index (χ0n) is 14.9. The standard InChI is InChI=1S/C18H23ClN4O2S/c1-3-12(2)20-17(24)11-26-18-22-21-16(23(18)13-8-9-13)10-25-15-7-5-4-6-14(15)19/h4-7,12-13H,3,8-11H2,1-2H3,(H,20,24)/t12-/m0/s1. The number of thioether (sulfide) groups is 1. The fourth-order valence-electron chi connectivity index (χ4n) is 2.46. The number of rotatable bonds is 9. The molecule has 0 bridgehead atoms. The molecule has 1 amide bonds. The lowest BCUT2D eigenvalue weighted by Gasteiger charge is -2.12. The monoisotopic (exact) mass is 394 g/mol. The van der Waals surface area contributed by atoms with E-state index in [2.05, 4.69) is 20.1 Å². The second-order valence-corrected chi connectivity index (χ2v) is 7.73. The van der Waals surface area contributed by atoms with Gasteiger partial charge in [0.25, 0.3) is 0 Å². The van der Waals surface area contributed by atoms with Gasteiger partial charge in [-0.3, -0.25) is 9.36 Å². The molecule has 0 spiro atoms. The number of amides is 1. The second-order valence-electron chi connectivity index (χ2n) is 6.38. The Bertz CT molecular complexity index is 763. The Labute approximate surface area is 162 Å². The lowest BCUT2D eigenvalue weighted by molar-refractivity contribution is -0.119. The first-order valence-electron chi connectivity index (χ1n) is 8.81. The van der Waals surface area contributed by atoms with Gasteiger partial charge in [-0.1, -0.05) is 42.4 Å². The molecule has 0 unspecified atom stereocenters. The lowest BCUT2D eigenvalue weighted by Crippen LogP contribution is -2.33. The summed E-state index contributed by atoms with van der Waals surface area (Å²) in [5, 5.41) is 12.8. The van der Waals surface area contributed by atoms with E-state index < -0.39 is 0 Å². The number of ether oxygens (including phenoxy) is 1. The van der Waals surface area contributed by atoms with Crippen molar-refractivity contribution in [1.29, 1.82) is 0 Å². The van der Waals surface area contributed by atoms with Gasteiger partial charge >= 0.3 is 0 Å². The molecule has 1 aromatic carbocycles. The molecule has 1 N–H and O–H groups in total. The van der Waals surface area contributed by atoms with Crippen molar-refractivity contribution in [2.24, 2.45) is 0 Å².